The summed E-state index contributed by atoms with van der Waals surface area (Å²) in [4.78, 5) is 0. The minimum absolute atomic E-state index is 0. The molecule has 1 nitrogen and oxygen atoms in total. The van der Waals surface area contributed by atoms with Gasteiger partial charge in [0.15, 0.2) is 0 Å². The fourth-order valence-corrected chi connectivity index (χ4v) is 3.26. The van der Waals surface area contributed by atoms with Gasteiger partial charge in [-0.1, -0.05) is 72.8 Å². The van der Waals surface area contributed by atoms with Crippen LogP contribution in [0.3, 0.4) is 0 Å². The van der Waals surface area contributed by atoms with E-state index in [2.05, 4.69) is 84.9 Å². The van der Waals surface area contributed by atoms with Gasteiger partial charge in [0.2, 0.25) is 0 Å². The third-order valence-corrected chi connectivity index (χ3v) is 4.47. The van der Waals surface area contributed by atoms with Crippen LogP contribution in [0.15, 0.2) is 72.8 Å². The van der Waals surface area contributed by atoms with Crippen molar-refractivity contribution < 1.29 is 32.7 Å². The maximum Gasteiger partial charge on any atom is 0 e. The summed E-state index contributed by atoms with van der Waals surface area (Å²) in [7, 11) is 0. The Kier molecular flexibility index (Phi) is 4.00. The molecule has 0 unspecified atom stereocenters. The Morgan fingerprint density at radius 2 is 0.875 bits per heavy atom. The molecule has 0 aliphatic carbocycles. The largest absolute Gasteiger partial charge is 0.657 e. The summed E-state index contributed by atoms with van der Waals surface area (Å²) >= 11 is 0. The number of nitrogens with zero attached hydrogens (tertiary/aromatic N) is 1. The molecule has 0 aromatic heterocycles. The van der Waals surface area contributed by atoms with Gasteiger partial charge in [-0.3, -0.25) is 0 Å². The van der Waals surface area contributed by atoms with E-state index in [9.17, 15) is 0 Å². The van der Waals surface area contributed by atoms with Gasteiger partial charge in [0.05, 0.1) is 0 Å². The van der Waals surface area contributed by atoms with Gasteiger partial charge in [-0.2, -0.15) is 0 Å². The second kappa shape index (κ2) is 6.16. The first-order valence-electron chi connectivity index (χ1n) is 7.82. The number of hydrogen-bond donors (Lipinski definition) is 0. The molecular formula is C22H14NY-. The summed E-state index contributed by atoms with van der Waals surface area (Å²) in [6, 6.07) is 25.7. The van der Waals surface area contributed by atoms with E-state index in [0.717, 1.165) is 11.4 Å². The Morgan fingerprint density at radius 1 is 0.500 bits per heavy atom. The number of rotatable bonds is 0. The maximum absolute atomic E-state index is 4.94. The van der Waals surface area contributed by atoms with Crippen LogP contribution in [0.5, 0.6) is 0 Å². The summed E-state index contributed by atoms with van der Waals surface area (Å²) in [6.07, 6.45) is 4.34. The second-order valence-electron chi connectivity index (χ2n) is 5.96. The molecule has 1 aliphatic rings. The van der Waals surface area contributed by atoms with Crippen molar-refractivity contribution in [3.63, 3.8) is 0 Å². The molecular weight excluding hydrogens is 367 g/mol. The minimum atomic E-state index is 0. The second-order valence-corrected chi connectivity index (χ2v) is 5.96. The molecule has 4 aromatic carbocycles. The third kappa shape index (κ3) is 2.58. The van der Waals surface area contributed by atoms with E-state index in [1.807, 2.05) is 0 Å². The van der Waals surface area contributed by atoms with Crippen molar-refractivity contribution in [1.29, 1.82) is 0 Å². The van der Waals surface area contributed by atoms with Gasteiger partial charge in [0.1, 0.15) is 0 Å². The van der Waals surface area contributed by atoms with Crippen LogP contribution >= 0.6 is 0 Å². The van der Waals surface area contributed by atoms with Crippen LogP contribution in [-0.4, -0.2) is 0 Å². The Labute approximate surface area is 166 Å². The first-order chi connectivity index (χ1) is 11.4. The Bertz CT molecular complexity index is 1010. The van der Waals surface area contributed by atoms with E-state index in [1.165, 1.54) is 32.7 Å². The number of fused-ring (bicyclic) bond motifs is 4. The molecule has 0 amide bonds. The van der Waals surface area contributed by atoms with E-state index < -0.39 is 0 Å². The van der Waals surface area contributed by atoms with Crippen molar-refractivity contribution in [1.82, 2.24) is 0 Å². The predicted octanol–water partition coefficient (Wildman–Crippen LogP) is 6.81. The Balaban J connectivity index is 0.00000146. The molecule has 1 heterocycles. The van der Waals surface area contributed by atoms with E-state index in [-0.39, 0.29) is 32.7 Å². The van der Waals surface area contributed by atoms with Gasteiger partial charge < -0.3 is 5.32 Å². The zero-order chi connectivity index (χ0) is 15.2. The number of hydrogen-bond acceptors (Lipinski definition) is 0. The molecule has 0 atom stereocenters. The van der Waals surface area contributed by atoms with Crippen LogP contribution in [0.25, 0.3) is 39.0 Å². The van der Waals surface area contributed by atoms with Crippen molar-refractivity contribution in [2.24, 2.45) is 0 Å². The molecule has 0 bridgehead atoms. The van der Waals surface area contributed by atoms with Crippen LogP contribution in [0.1, 0.15) is 11.1 Å². The third-order valence-electron chi connectivity index (χ3n) is 4.47. The SMILES string of the molecule is C1=Cc2cc3ccccc3cc2[N-]c2cc3ccccc3cc21.[Y]. The molecule has 5 rings (SSSR count). The maximum atomic E-state index is 4.94. The molecule has 2 heteroatoms. The standard InChI is InChI=1S/C22H14N.Y/c1-3-7-17-13-21-19(11-15(17)5-1)9-10-20-12-16-6-2-4-8-18(16)14-22(20)23-21;/h1-14H;/q-1;. The fraction of sp³-hybridized carbons (Fsp3) is 0. The summed E-state index contributed by atoms with van der Waals surface area (Å²) < 4.78 is 0. The average Bonchev–Trinajstić information content (AvgIpc) is 2.76. The molecule has 0 spiro atoms. The molecule has 0 saturated carbocycles. The fourth-order valence-electron chi connectivity index (χ4n) is 3.26. The average molecular weight is 381 g/mol. The summed E-state index contributed by atoms with van der Waals surface area (Å²) in [5, 5.41) is 9.90. The molecule has 0 saturated heterocycles. The van der Waals surface area contributed by atoms with Crippen molar-refractivity contribution in [2.75, 3.05) is 0 Å². The van der Waals surface area contributed by atoms with Crippen LogP contribution < -0.4 is 0 Å². The van der Waals surface area contributed by atoms with Crippen LogP contribution in [0, 0.1) is 0 Å². The van der Waals surface area contributed by atoms with Crippen molar-refractivity contribution in [2.45, 2.75) is 0 Å². The summed E-state index contributed by atoms with van der Waals surface area (Å²) in [5.41, 5.74) is 4.41. The monoisotopic (exact) mass is 381 g/mol. The molecule has 111 valence electrons. The zero-order valence-electron chi connectivity index (χ0n) is 13.1. The van der Waals surface area contributed by atoms with Crippen molar-refractivity contribution in [3.8, 4) is 0 Å². The van der Waals surface area contributed by atoms with Gasteiger partial charge in [-0.15, -0.1) is 11.4 Å². The summed E-state index contributed by atoms with van der Waals surface area (Å²) in [5.74, 6) is 0. The normalized spacial score (nSPS) is 12.0. The Hall–Kier alpha value is -1.96. The predicted molar refractivity (Wildman–Crippen MR) is 99.5 cm³/mol. The van der Waals surface area contributed by atoms with E-state index in [4.69, 9.17) is 5.32 Å². The van der Waals surface area contributed by atoms with E-state index >= 15 is 0 Å². The first kappa shape index (κ1) is 15.6. The minimum Gasteiger partial charge on any atom is -0.657 e. The molecule has 4 aromatic rings. The molecule has 0 N–H and O–H groups in total. The van der Waals surface area contributed by atoms with E-state index in [0.29, 0.717) is 0 Å². The van der Waals surface area contributed by atoms with Crippen molar-refractivity contribution >= 4 is 45.1 Å². The van der Waals surface area contributed by atoms with Gasteiger partial charge in [-0.25, -0.2) is 0 Å². The molecule has 1 radical (unpaired) electrons. The zero-order valence-corrected chi connectivity index (χ0v) is 15.9. The van der Waals surface area contributed by atoms with Crippen LogP contribution in [0.4, 0.5) is 11.4 Å². The molecule has 1 aliphatic heterocycles. The van der Waals surface area contributed by atoms with Gasteiger partial charge >= 0.3 is 0 Å². The van der Waals surface area contributed by atoms with Crippen LogP contribution in [-0.2, 0) is 32.7 Å². The van der Waals surface area contributed by atoms with Crippen molar-refractivity contribution in [3.05, 3.63) is 89.2 Å². The molecule has 24 heavy (non-hydrogen) atoms. The Morgan fingerprint density at radius 3 is 1.29 bits per heavy atom. The first-order valence-corrected chi connectivity index (χ1v) is 7.82. The quantitative estimate of drug-likeness (QED) is 0.280. The van der Waals surface area contributed by atoms with Gasteiger partial charge in [-0.05, 0) is 44.8 Å². The summed E-state index contributed by atoms with van der Waals surface area (Å²) in [6.45, 7) is 0. The topological polar surface area (TPSA) is 14.1 Å². The number of benzene rings is 4. The van der Waals surface area contributed by atoms with Gasteiger partial charge in [0.25, 0.3) is 0 Å². The molecule has 0 fully saturated rings. The smallest absolute Gasteiger partial charge is 0 e. The van der Waals surface area contributed by atoms with Gasteiger partial charge in [0, 0.05) is 32.7 Å². The van der Waals surface area contributed by atoms with E-state index in [1.54, 1.807) is 0 Å². The van der Waals surface area contributed by atoms with Crippen LogP contribution in [0.2, 0.25) is 0 Å².